The Kier molecular flexibility index (Phi) is 4.24. The molecule has 6 nitrogen and oxygen atoms in total. The van der Waals surface area contributed by atoms with Crippen LogP contribution < -0.4 is 0 Å². The lowest BCUT2D eigenvalue weighted by Crippen LogP contribution is -2.42. The summed E-state index contributed by atoms with van der Waals surface area (Å²) in [6.07, 6.45) is -2.96. The van der Waals surface area contributed by atoms with Crippen LogP contribution in [0.25, 0.3) is 0 Å². The first kappa shape index (κ1) is 10.9. The molecule has 2 N–H and O–H groups in total. The summed E-state index contributed by atoms with van der Waals surface area (Å²) in [6.45, 7) is 0. The van der Waals surface area contributed by atoms with Crippen molar-refractivity contribution in [3.05, 3.63) is 0 Å². The van der Waals surface area contributed by atoms with E-state index >= 15 is 0 Å². The fourth-order valence-electron chi connectivity index (χ4n) is 0.708. The lowest BCUT2D eigenvalue weighted by molar-refractivity contribution is -0.171. The standard InChI is InChI=1S/C6H10O6/c1-11-3(5(7)8)4(12-2)6(9)10/h3-4H,1-2H3,(H,7,8)(H,9,10). The SMILES string of the molecule is COC(C(=O)O)C(OC)C(=O)O. The third-order valence-corrected chi connectivity index (χ3v) is 1.27. The van der Waals surface area contributed by atoms with Crippen LogP contribution in [0.15, 0.2) is 0 Å². The van der Waals surface area contributed by atoms with Crippen LogP contribution in [0.1, 0.15) is 0 Å². The number of carboxylic acids is 2. The molecule has 0 spiro atoms. The van der Waals surface area contributed by atoms with Crippen molar-refractivity contribution >= 4 is 11.9 Å². The highest BCUT2D eigenvalue weighted by atomic mass is 16.6. The molecule has 2 atom stereocenters. The first-order valence-electron chi connectivity index (χ1n) is 3.05. The zero-order chi connectivity index (χ0) is 9.72. The Bertz CT molecular complexity index is 157. The molecule has 0 aliphatic heterocycles. The minimum absolute atomic E-state index is 1.10. The number of aliphatic carboxylic acids is 2. The predicted octanol–water partition coefficient (Wildman–Crippen LogP) is -0.814. The van der Waals surface area contributed by atoms with E-state index in [0.717, 1.165) is 14.2 Å². The Morgan fingerprint density at radius 2 is 1.25 bits per heavy atom. The fourth-order valence-corrected chi connectivity index (χ4v) is 0.708. The van der Waals surface area contributed by atoms with E-state index in [9.17, 15) is 9.59 Å². The summed E-state index contributed by atoms with van der Waals surface area (Å²) in [5.74, 6) is -2.74. The third kappa shape index (κ3) is 2.48. The summed E-state index contributed by atoms with van der Waals surface area (Å²) in [5.41, 5.74) is 0. The van der Waals surface area contributed by atoms with Crippen molar-refractivity contribution < 1.29 is 29.3 Å². The monoisotopic (exact) mass is 178 g/mol. The van der Waals surface area contributed by atoms with Crippen molar-refractivity contribution in [1.82, 2.24) is 0 Å². The Balaban J connectivity index is 4.44. The van der Waals surface area contributed by atoms with Crippen LogP contribution in [-0.4, -0.2) is 48.6 Å². The van der Waals surface area contributed by atoms with E-state index in [2.05, 4.69) is 9.47 Å². The van der Waals surface area contributed by atoms with Gasteiger partial charge in [0.2, 0.25) is 0 Å². The second-order valence-corrected chi connectivity index (χ2v) is 1.99. The van der Waals surface area contributed by atoms with Crippen LogP contribution >= 0.6 is 0 Å². The van der Waals surface area contributed by atoms with Crippen molar-refractivity contribution in [2.75, 3.05) is 14.2 Å². The van der Waals surface area contributed by atoms with Crippen molar-refractivity contribution in [3.8, 4) is 0 Å². The number of carboxylic acid groups (broad SMARTS) is 2. The van der Waals surface area contributed by atoms with Gasteiger partial charge in [0.15, 0.2) is 12.2 Å². The number of rotatable bonds is 5. The molecule has 0 saturated heterocycles. The minimum Gasteiger partial charge on any atom is -0.479 e. The number of methoxy groups -OCH3 is 2. The van der Waals surface area contributed by atoms with E-state index < -0.39 is 24.1 Å². The van der Waals surface area contributed by atoms with Crippen molar-refractivity contribution in [1.29, 1.82) is 0 Å². The van der Waals surface area contributed by atoms with E-state index in [-0.39, 0.29) is 0 Å². The highest BCUT2D eigenvalue weighted by molar-refractivity contribution is 5.83. The van der Waals surface area contributed by atoms with E-state index in [1.165, 1.54) is 0 Å². The molecule has 0 rings (SSSR count). The van der Waals surface area contributed by atoms with Gasteiger partial charge in [0.05, 0.1) is 0 Å². The number of carbonyl (C=O) groups is 2. The summed E-state index contributed by atoms with van der Waals surface area (Å²) in [6, 6.07) is 0. The second kappa shape index (κ2) is 4.68. The van der Waals surface area contributed by atoms with E-state index in [1.54, 1.807) is 0 Å². The molecule has 2 unspecified atom stereocenters. The molecule has 0 aromatic carbocycles. The lowest BCUT2D eigenvalue weighted by atomic mass is 10.2. The fraction of sp³-hybridized carbons (Fsp3) is 0.667. The molecule has 0 amide bonds. The molecule has 70 valence electrons. The molecule has 0 aliphatic carbocycles. The van der Waals surface area contributed by atoms with Crippen molar-refractivity contribution in [2.45, 2.75) is 12.2 Å². The maximum atomic E-state index is 10.4. The van der Waals surface area contributed by atoms with Crippen LogP contribution in [0.4, 0.5) is 0 Å². The molecule has 0 aliphatic rings. The maximum absolute atomic E-state index is 10.4. The highest BCUT2D eigenvalue weighted by Crippen LogP contribution is 2.02. The van der Waals surface area contributed by atoms with Gasteiger partial charge in [-0.1, -0.05) is 0 Å². The van der Waals surface area contributed by atoms with Crippen LogP contribution in [0.3, 0.4) is 0 Å². The van der Waals surface area contributed by atoms with E-state index in [1.807, 2.05) is 0 Å². The summed E-state index contributed by atoms with van der Waals surface area (Å²) in [7, 11) is 2.21. The predicted molar refractivity (Wildman–Crippen MR) is 36.9 cm³/mol. The molecule has 0 aromatic heterocycles. The van der Waals surface area contributed by atoms with Crippen molar-refractivity contribution in [3.63, 3.8) is 0 Å². The second-order valence-electron chi connectivity index (χ2n) is 1.99. The zero-order valence-electron chi connectivity index (χ0n) is 6.68. The quantitative estimate of drug-likeness (QED) is 0.571. The van der Waals surface area contributed by atoms with Crippen molar-refractivity contribution in [2.24, 2.45) is 0 Å². The zero-order valence-corrected chi connectivity index (χ0v) is 6.68. The van der Waals surface area contributed by atoms with Gasteiger partial charge in [-0.05, 0) is 0 Å². The molecular weight excluding hydrogens is 168 g/mol. The van der Waals surface area contributed by atoms with Crippen LogP contribution in [-0.2, 0) is 19.1 Å². The van der Waals surface area contributed by atoms with Crippen LogP contribution in [0, 0.1) is 0 Å². The first-order valence-corrected chi connectivity index (χ1v) is 3.05. The lowest BCUT2D eigenvalue weighted by Gasteiger charge is -2.16. The Hall–Kier alpha value is -1.14. The van der Waals surface area contributed by atoms with Gasteiger partial charge in [-0.2, -0.15) is 0 Å². The largest absolute Gasteiger partial charge is 0.479 e. The van der Waals surface area contributed by atoms with Gasteiger partial charge in [-0.25, -0.2) is 9.59 Å². The molecule has 6 heteroatoms. The van der Waals surface area contributed by atoms with Gasteiger partial charge in [-0.15, -0.1) is 0 Å². The molecule has 0 heterocycles. The number of hydrogen-bond acceptors (Lipinski definition) is 4. The minimum atomic E-state index is -1.48. The molecular formula is C6H10O6. The van der Waals surface area contributed by atoms with Gasteiger partial charge in [0.1, 0.15) is 0 Å². The van der Waals surface area contributed by atoms with Crippen LogP contribution in [0.5, 0.6) is 0 Å². The molecule has 12 heavy (non-hydrogen) atoms. The summed E-state index contributed by atoms with van der Waals surface area (Å²) in [5, 5.41) is 16.9. The number of ether oxygens (including phenoxy) is 2. The normalized spacial score (nSPS) is 15.2. The average molecular weight is 178 g/mol. The van der Waals surface area contributed by atoms with E-state index in [4.69, 9.17) is 10.2 Å². The van der Waals surface area contributed by atoms with Gasteiger partial charge in [0.25, 0.3) is 0 Å². The van der Waals surface area contributed by atoms with Gasteiger partial charge < -0.3 is 19.7 Å². The van der Waals surface area contributed by atoms with Gasteiger partial charge in [-0.3, -0.25) is 0 Å². The maximum Gasteiger partial charge on any atom is 0.336 e. The average Bonchev–Trinajstić information content (AvgIpc) is 1.98. The summed E-state index contributed by atoms with van der Waals surface area (Å²) in [4.78, 5) is 20.7. The molecule has 0 fully saturated rings. The van der Waals surface area contributed by atoms with E-state index in [0.29, 0.717) is 0 Å². The summed E-state index contributed by atoms with van der Waals surface area (Å²) < 4.78 is 8.84. The Morgan fingerprint density at radius 3 is 1.33 bits per heavy atom. The Labute approximate surface area is 68.7 Å². The molecule has 0 saturated carbocycles. The summed E-state index contributed by atoms with van der Waals surface area (Å²) >= 11 is 0. The Morgan fingerprint density at radius 1 is 1.00 bits per heavy atom. The van der Waals surface area contributed by atoms with Gasteiger partial charge in [0, 0.05) is 14.2 Å². The topological polar surface area (TPSA) is 93.1 Å². The molecule has 0 radical (unpaired) electrons. The molecule has 0 bridgehead atoms. The number of hydrogen-bond donors (Lipinski definition) is 2. The smallest absolute Gasteiger partial charge is 0.336 e. The highest BCUT2D eigenvalue weighted by Gasteiger charge is 2.33. The van der Waals surface area contributed by atoms with Gasteiger partial charge >= 0.3 is 11.9 Å². The van der Waals surface area contributed by atoms with Crippen LogP contribution in [0.2, 0.25) is 0 Å². The first-order chi connectivity index (χ1) is 5.54. The molecule has 0 aromatic rings. The third-order valence-electron chi connectivity index (χ3n) is 1.27.